The van der Waals surface area contributed by atoms with Crippen molar-refractivity contribution in [3.63, 3.8) is 0 Å². The zero-order valence-corrected chi connectivity index (χ0v) is 7.96. The topological polar surface area (TPSA) is 65.2 Å². The van der Waals surface area contributed by atoms with Gasteiger partial charge in [0.15, 0.2) is 0 Å². The molecule has 4 nitrogen and oxygen atoms in total. The number of aromatic nitrogens is 1. The van der Waals surface area contributed by atoms with E-state index in [9.17, 15) is 4.79 Å². The maximum atomic E-state index is 10.8. The second kappa shape index (κ2) is 3.53. The first-order valence-corrected chi connectivity index (χ1v) is 3.93. The predicted molar refractivity (Wildman–Crippen MR) is 47.0 cm³/mol. The number of carbonyl (C=O) groups excluding carboxylic acids is 1. The fourth-order valence-corrected chi connectivity index (χ4v) is 1.10. The molecular formula is C7H7BrN2O2. The Bertz CT molecular complexity index is 314. The molecule has 1 heterocycles. The molecule has 1 aromatic heterocycles. The van der Waals surface area contributed by atoms with Gasteiger partial charge in [-0.1, -0.05) is 0 Å². The molecule has 0 aromatic carbocycles. The molecule has 0 unspecified atom stereocenters. The van der Waals surface area contributed by atoms with E-state index in [4.69, 9.17) is 10.5 Å². The second-order valence-corrected chi connectivity index (χ2v) is 2.88. The van der Waals surface area contributed by atoms with Gasteiger partial charge < -0.3 is 10.5 Å². The number of nitrogens with zero attached hydrogens (tertiary/aromatic N) is 1. The summed E-state index contributed by atoms with van der Waals surface area (Å²) in [5.41, 5.74) is 5.41. The minimum Gasteiger partial charge on any atom is -0.494 e. The molecule has 0 saturated carbocycles. The van der Waals surface area contributed by atoms with E-state index in [1.807, 2.05) is 0 Å². The Balaban J connectivity index is 3.21. The Kier molecular flexibility index (Phi) is 2.65. The van der Waals surface area contributed by atoms with Gasteiger partial charge in [0.25, 0.3) is 5.91 Å². The zero-order valence-electron chi connectivity index (χ0n) is 6.37. The van der Waals surface area contributed by atoms with E-state index < -0.39 is 5.91 Å². The largest absolute Gasteiger partial charge is 0.494 e. The number of primary amides is 1. The first-order chi connectivity index (χ1) is 5.65. The molecule has 0 aliphatic heterocycles. The van der Waals surface area contributed by atoms with Crippen LogP contribution in [0.25, 0.3) is 0 Å². The van der Waals surface area contributed by atoms with Crippen LogP contribution < -0.4 is 10.5 Å². The number of methoxy groups -OCH3 is 1. The van der Waals surface area contributed by atoms with Gasteiger partial charge in [0.1, 0.15) is 10.4 Å². The van der Waals surface area contributed by atoms with Crippen molar-refractivity contribution in [3.8, 4) is 5.75 Å². The molecule has 2 N–H and O–H groups in total. The van der Waals surface area contributed by atoms with Gasteiger partial charge in [-0.05, 0) is 22.0 Å². The first-order valence-electron chi connectivity index (χ1n) is 3.14. The van der Waals surface area contributed by atoms with Crippen LogP contribution in [0.5, 0.6) is 5.75 Å². The fraction of sp³-hybridized carbons (Fsp3) is 0.143. The lowest BCUT2D eigenvalue weighted by atomic mass is 10.2. The normalized spacial score (nSPS) is 9.50. The van der Waals surface area contributed by atoms with E-state index in [-0.39, 0.29) is 0 Å². The average molecular weight is 231 g/mol. The summed E-state index contributed by atoms with van der Waals surface area (Å²) in [4.78, 5) is 14.7. The van der Waals surface area contributed by atoms with Crippen LogP contribution in [-0.4, -0.2) is 18.0 Å². The lowest BCUT2D eigenvalue weighted by molar-refractivity contribution is 0.0997. The van der Waals surface area contributed by atoms with E-state index in [0.29, 0.717) is 15.9 Å². The molecule has 0 radical (unpaired) electrons. The van der Waals surface area contributed by atoms with Crippen LogP contribution >= 0.6 is 15.9 Å². The lowest BCUT2D eigenvalue weighted by Gasteiger charge is -2.03. The van der Waals surface area contributed by atoms with Gasteiger partial charge in [-0.25, -0.2) is 4.98 Å². The van der Waals surface area contributed by atoms with Crippen LogP contribution in [0.3, 0.4) is 0 Å². The summed E-state index contributed by atoms with van der Waals surface area (Å²) < 4.78 is 5.43. The van der Waals surface area contributed by atoms with Crippen LogP contribution in [-0.2, 0) is 0 Å². The molecule has 1 rings (SSSR count). The van der Waals surface area contributed by atoms with E-state index in [2.05, 4.69) is 20.9 Å². The van der Waals surface area contributed by atoms with Crippen molar-refractivity contribution < 1.29 is 9.53 Å². The number of hydrogen-bond donors (Lipinski definition) is 1. The quantitative estimate of drug-likeness (QED) is 0.770. The summed E-state index contributed by atoms with van der Waals surface area (Å²) in [6, 6.07) is 1.52. The third-order valence-corrected chi connectivity index (χ3v) is 1.75. The van der Waals surface area contributed by atoms with Gasteiger partial charge in [0, 0.05) is 0 Å². The van der Waals surface area contributed by atoms with Crippen LogP contribution in [0.2, 0.25) is 0 Å². The Hall–Kier alpha value is -1.10. The van der Waals surface area contributed by atoms with Crippen LogP contribution in [0.15, 0.2) is 16.9 Å². The molecular weight excluding hydrogens is 224 g/mol. The summed E-state index contributed by atoms with van der Waals surface area (Å²) in [5, 5.41) is 0. The van der Waals surface area contributed by atoms with Crippen molar-refractivity contribution in [2.24, 2.45) is 5.73 Å². The number of hydrogen-bond acceptors (Lipinski definition) is 3. The fourth-order valence-electron chi connectivity index (χ4n) is 0.773. The zero-order chi connectivity index (χ0) is 9.14. The van der Waals surface area contributed by atoms with Gasteiger partial charge in [0.2, 0.25) is 0 Å². The number of nitrogens with two attached hydrogens (primary N) is 1. The van der Waals surface area contributed by atoms with E-state index in [0.717, 1.165) is 0 Å². The minimum atomic E-state index is -0.532. The van der Waals surface area contributed by atoms with Crippen molar-refractivity contribution in [3.05, 3.63) is 22.4 Å². The monoisotopic (exact) mass is 230 g/mol. The summed E-state index contributed by atoms with van der Waals surface area (Å²) in [6.07, 6.45) is 1.43. The highest BCUT2D eigenvalue weighted by molar-refractivity contribution is 9.10. The minimum absolute atomic E-state index is 0.319. The summed E-state index contributed by atoms with van der Waals surface area (Å²) >= 11 is 3.12. The molecule has 0 saturated heterocycles. The maximum Gasteiger partial charge on any atom is 0.252 e. The first kappa shape index (κ1) is 8.99. The number of ether oxygens (including phenoxy) is 1. The Morgan fingerprint density at radius 2 is 2.42 bits per heavy atom. The van der Waals surface area contributed by atoms with Crippen molar-refractivity contribution in [1.82, 2.24) is 4.98 Å². The molecule has 0 aliphatic rings. The highest BCUT2D eigenvalue weighted by atomic mass is 79.9. The van der Waals surface area contributed by atoms with Gasteiger partial charge in [0.05, 0.1) is 18.9 Å². The highest BCUT2D eigenvalue weighted by Crippen LogP contribution is 2.19. The molecule has 1 aromatic rings. The lowest BCUT2D eigenvalue weighted by Crippen LogP contribution is -2.12. The molecule has 0 fully saturated rings. The molecule has 5 heteroatoms. The molecule has 12 heavy (non-hydrogen) atoms. The molecule has 0 spiro atoms. The number of carbonyl (C=O) groups is 1. The SMILES string of the molecule is COc1cnc(Br)cc1C(N)=O. The maximum absolute atomic E-state index is 10.8. The third-order valence-electron chi connectivity index (χ3n) is 1.32. The molecule has 0 bridgehead atoms. The van der Waals surface area contributed by atoms with E-state index in [1.54, 1.807) is 0 Å². The predicted octanol–water partition coefficient (Wildman–Crippen LogP) is 0.952. The molecule has 1 amide bonds. The number of rotatable bonds is 2. The van der Waals surface area contributed by atoms with Crippen molar-refractivity contribution in [1.29, 1.82) is 0 Å². The smallest absolute Gasteiger partial charge is 0.252 e. The summed E-state index contributed by atoms with van der Waals surface area (Å²) in [6.45, 7) is 0. The van der Waals surface area contributed by atoms with Crippen LogP contribution in [0, 0.1) is 0 Å². The van der Waals surface area contributed by atoms with Gasteiger partial charge >= 0.3 is 0 Å². The number of halogens is 1. The van der Waals surface area contributed by atoms with Crippen molar-refractivity contribution in [2.75, 3.05) is 7.11 Å². The van der Waals surface area contributed by atoms with E-state index >= 15 is 0 Å². The summed E-state index contributed by atoms with van der Waals surface area (Å²) in [7, 11) is 1.46. The van der Waals surface area contributed by atoms with Gasteiger partial charge in [-0.2, -0.15) is 0 Å². The van der Waals surface area contributed by atoms with Gasteiger partial charge in [-0.15, -0.1) is 0 Å². The van der Waals surface area contributed by atoms with Crippen molar-refractivity contribution >= 4 is 21.8 Å². The highest BCUT2D eigenvalue weighted by Gasteiger charge is 2.09. The van der Waals surface area contributed by atoms with E-state index in [1.165, 1.54) is 19.4 Å². The average Bonchev–Trinajstić information content (AvgIpc) is 2.04. The standard InChI is InChI=1S/C7H7BrN2O2/c1-12-5-3-10-6(8)2-4(5)7(9)11/h2-3H,1H3,(H2,9,11). The molecule has 0 aliphatic carbocycles. The number of amides is 1. The Labute approximate surface area is 77.9 Å². The second-order valence-electron chi connectivity index (χ2n) is 2.07. The van der Waals surface area contributed by atoms with Crippen molar-refractivity contribution in [2.45, 2.75) is 0 Å². The Morgan fingerprint density at radius 1 is 1.75 bits per heavy atom. The third kappa shape index (κ3) is 1.73. The summed E-state index contributed by atoms with van der Waals surface area (Å²) in [5.74, 6) is -0.152. The Morgan fingerprint density at radius 3 is 2.92 bits per heavy atom. The van der Waals surface area contributed by atoms with Crippen LogP contribution in [0.1, 0.15) is 10.4 Å². The number of pyridine rings is 1. The van der Waals surface area contributed by atoms with Crippen LogP contribution in [0.4, 0.5) is 0 Å². The molecule has 64 valence electrons. The van der Waals surface area contributed by atoms with Gasteiger partial charge in [-0.3, -0.25) is 4.79 Å². The molecule has 0 atom stereocenters.